The molecule has 1 amide bonds. The van der Waals surface area contributed by atoms with Crippen molar-refractivity contribution in [2.75, 3.05) is 26.2 Å². The van der Waals surface area contributed by atoms with Gasteiger partial charge < -0.3 is 15.3 Å². The van der Waals surface area contributed by atoms with Crippen LogP contribution < -0.4 is 5.32 Å². The number of carbonyl (C=O) groups excluding carboxylic acids is 1. The predicted molar refractivity (Wildman–Crippen MR) is 80.2 cm³/mol. The second kappa shape index (κ2) is 7.15. The quantitative estimate of drug-likeness (QED) is 0.805. The van der Waals surface area contributed by atoms with Gasteiger partial charge in [-0.1, -0.05) is 0 Å². The van der Waals surface area contributed by atoms with E-state index in [0.29, 0.717) is 6.54 Å². The zero-order chi connectivity index (χ0) is 14.5. The van der Waals surface area contributed by atoms with E-state index < -0.39 is 0 Å². The maximum atomic E-state index is 12.0. The number of piperidine rings is 1. The third-order valence-electron chi connectivity index (χ3n) is 3.60. The fourth-order valence-electron chi connectivity index (χ4n) is 2.47. The highest BCUT2D eigenvalue weighted by Gasteiger charge is 2.16. The number of hydrogen-bond donors (Lipinski definition) is 2. The van der Waals surface area contributed by atoms with Gasteiger partial charge in [-0.15, -0.1) is 11.3 Å². The number of likely N-dealkylation sites (tertiary alicyclic amines) is 1. The van der Waals surface area contributed by atoms with Crippen molar-refractivity contribution in [1.82, 2.24) is 15.2 Å². The van der Waals surface area contributed by atoms with Crippen LogP contribution in [0.2, 0.25) is 0 Å². The van der Waals surface area contributed by atoms with Crippen LogP contribution in [0.1, 0.15) is 39.6 Å². The molecule has 2 heterocycles. The first kappa shape index (κ1) is 15.4. The van der Waals surface area contributed by atoms with Gasteiger partial charge in [0, 0.05) is 19.6 Å². The summed E-state index contributed by atoms with van der Waals surface area (Å²) in [6.07, 6.45) is 2.55. The lowest BCUT2D eigenvalue weighted by atomic mass is 10.1. The van der Waals surface area contributed by atoms with Gasteiger partial charge in [0.25, 0.3) is 5.91 Å². The van der Waals surface area contributed by atoms with Crippen molar-refractivity contribution >= 4 is 17.2 Å². The minimum absolute atomic E-state index is 0.0119. The first-order chi connectivity index (χ1) is 9.56. The molecule has 1 aromatic heterocycles. The Balaban J connectivity index is 1.66. The zero-order valence-corrected chi connectivity index (χ0v) is 13.0. The fourth-order valence-corrected chi connectivity index (χ4v) is 3.31. The highest BCUT2D eigenvalue weighted by Crippen LogP contribution is 2.16. The molecule has 6 heteroatoms. The molecule has 5 nitrogen and oxygen atoms in total. The van der Waals surface area contributed by atoms with Crippen molar-refractivity contribution in [3.63, 3.8) is 0 Å². The Morgan fingerprint density at radius 2 is 2.15 bits per heavy atom. The number of thiazole rings is 1. The van der Waals surface area contributed by atoms with Crippen molar-refractivity contribution in [2.24, 2.45) is 0 Å². The Morgan fingerprint density at radius 3 is 2.75 bits per heavy atom. The van der Waals surface area contributed by atoms with Gasteiger partial charge in [0.2, 0.25) is 0 Å². The van der Waals surface area contributed by atoms with Crippen LogP contribution in [-0.4, -0.2) is 53.2 Å². The summed E-state index contributed by atoms with van der Waals surface area (Å²) < 4.78 is 0. The molecule has 0 aliphatic carbocycles. The van der Waals surface area contributed by atoms with Crippen LogP contribution in [0.15, 0.2) is 0 Å². The van der Waals surface area contributed by atoms with Crippen LogP contribution in [0.25, 0.3) is 0 Å². The van der Waals surface area contributed by atoms with E-state index >= 15 is 0 Å². The number of aliphatic hydroxyl groups excluding tert-OH is 1. The van der Waals surface area contributed by atoms with E-state index in [4.69, 9.17) is 0 Å². The lowest BCUT2D eigenvalue weighted by molar-refractivity contribution is 0.0816. The summed E-state index contributed by atoms with van der Waals surface area (Å²) in [5.41, 5.74) is 0.815. The van der Waals surface area contributed by atoms with Crippen molar-refractivity contribution in [2.45, 2.75) is 39.2 Å². The number of aromatic nitrogens is 1. The summed E-state index contributed by atoms with van der Waals surface area (Å²) in [5.74, 6) is -0.0119. The minimum Gasteiger partial charge on any atom is -0.393 e. The zero-order valence-electron chi connectivity index (χ0n) is 12.2. The molecular weight excluding hydrogens is 274 g/mol. The Morgan fingerprint density at radius 1 is 1.45 bits per heavy atom. The number of nitrogens with one attached hydrogen (secondary N) is 1. The molecule has 1 fully saturated rings. The second-order valence-electron chi connectivity index (χ2n) is 5.33. The molecule has 20 heavy (non-hydrogen) atoms. The number of amides is 1. The van der Waals surface area contributed by atoms with E-state index in [2.05, 4.69) is 15.2 Å². The third kappa shape index (κ3) is 4.26. The van der Waals surface area contributed by atoms with Gasteiger partial charge in [0.15, 0.2) is 0 Å². The van der Waals surface area contributed by atoms with Crippen LogP contribution in [0.5, 0.6) is 0 Å². The molecule has 0 bridgehead atoms. The molecule has 1 aliphatic heterocycles. The van der Waals surface area contributed by atoms with E-state index in [9.17, 15) is 9.90 Å². The second-order valence-corrected chi connectivity index (χ2v) is 6.53. The summed E-state index contributed by atoms with van der Waals surface area (Å²) in [7, 11) is 0. The number of aryl methyl sites for hydroxylation is 2. The summed E-state index contributed by atoms with van der Waals surface area (Å²) >= 11 is 1.45. The number of nitrogens with zero attached hydrogens (tertiary/aromatic N) is 2. The van der Waals surface area contributed by atoms with E-state index in [-0.39, 0.29) is 12.0 Å². The van der Waals surface area contributed by atoms with E-state index in [1.54, 1.807) is 0 Å². The Bertz CT molecular complexity index is 453. The summed E-state index contributed by atoms with van der Waals surface area (Å²) in [5, 5.41) is 13.3. The van der Waals surface area contributed by atoms with Crippen molar-refractivity contribution < 1.29 is 9.90 Å². The van der Waals surface area contributed by atoms with Crippen LogP contribution in [0.4, 0.5) is 0 Å². The van der Waals surface area contributed by atoms with E-state index in [1.807, 2.05) is 13.8 Å². The molecule has 1 saturated heterocycles. The van der Waals surface area contributed by atoms with Crippen molar-refractivity contribution in [3.8, 4) is 0 Å². The maximum absolute atomic E-state index is 12.0. The van der Waals surface area contributed by atoms with Gasteiger partial charge in [0.1, 0.15) is 4.88 Å². The van der Waals surface area contributed by atoms with E-state index in [0.717, 1.165) is 54.5 Å². The maximum Gasteiger partial charge on any atom is 0.263 e. The molecule has 0 atom stereocenters. The molecule has 1 aliphatic rings. The van der Waals surface area contributed by atoms with Crippen LogP contribution >= 0.6 is 11.3 Å². The molecule has 0 aromatic carbocycles. The van der Waals surface area contributed by atoms with Crippen LogP contribution in [0.3, 0.4) is 0 Å². The van der Waals surface area contributed by atoms with Gasteiger partial charge in [-0.2, -0.15) is 0 Å². The first-order valence-corrected chi connectivity index (χ1v) is 8.00. The number of aliphatic hydroxyl groups is 1. The van der Waals surface area contributed by atoms with Gasteiger partial charge >= 0.3 is 0 Å². The van der Waals surface area contributed by atoms with E-state index in [1.165, 1.54) is 11.3 Å². The minimum atomic E-state index is -0.122. The topological polar surface area (TPSA) is 65.5 Å². The molecule has 112 valence electrons. The molecule has 0 spiro atoms. The van der Waals surface area contributed by atoms with Gasteiger partial charge in [-0.05, 0) is 39.7 Å². The molecule has 2 N–H and O–H groups in total. The Hall–Kier alpha value is -0.980. The molecular formula is C14H23N3O2S. The summed E-state index contributed by atoms with van der Waals surface area (Å²) in [6.45, 7) is 7.38. The number of carbonyl (C=O) groups is 1. The Labute approximate surface area is 124 Å². The monoisotopic (exact) mass is 297 g/mol. The normalized spacial score (nSPS) is 17.4. The summed E-state index contributed by atoms with van der Waals surface area (Å²) in [4.78, 5) is 19.3. The van der Waals surface area contributed by atoms with Crippen LogP contribution in [0, 0.1) is 13.8 Å². The molecule has 2 rings (SSSR count). The van der Waals surface area contributed by atoms with Gasteiger partial charge in [-0.3, -0.25) is 4.79 Å². The smallest absolute Gasteiger partial charge is 0.263 e. The van der Waals surface area contributed by atoms with Crippen molar-refractivity contribution in [3.05, 3.63) is 15.6 Å². The average Bonchev–Trinajstić information content (AvgIpc) is 2.75. The lowest BCUT2D eigenvalue weighted by Gasteiger charge is -2.29. The highest BCUT2D eigenvalue weighted by atomic mass is 32.1. The Kier molecular flexibility index (Phi) is 5.51. The van der Waals surface area contributed by atoms with Crippen molar-refractivity contribution in [1.29, 1.82) is 0 Å². The van der Waals surface area contributed by atoms with Gasteiger partial charge in [-0.25, -0.2) is 4.98 Å². The lowest BCUT2D eigenvalue weighted by Crippen LogP contribution is -2.37. The number of rotatable bonds is 5. The predicted octanol–water partition coefficient (Wildman–Crippen LogP) is 1.34. The third-order valence-corrected chi connectivity index (χ3v) is 4.68. The molecule has 0 unspecified atom stereocenters. The summed E-state index contributed by atoms with van der Waals surface area (Å²) in [6, 6.07) is 0. The fraction of sp³-hybridized carbons (Fsp3) is 0.714. The largest absolute Gasteiger partial charge is 0.393 e. The molecule has 0 saturated carbocycles. The highest BCUT2D eigenvalue weighted by molar-refractivity contribution is 7.13. The standard InChI is InChI=1S/C14H23N3O2S/c1-10-13(20-11(2)16-10)14(19)15-6-3-7-17-8-4-12(18)5-9-17/h12,18H,3-9H2,1-2H3,(H,15,19). The number of hydrogen-bond acceptors (Lipinski definition) is 5. The first-order valence-electron chi connectivity index (χ1n) is 7.19. The SMILES string of the molecule is Cc1nc(C)c(C(=O)NCCCN2CCC(O)CC2)s1. The molecule has 1 aromatic rings. The van der Waals surface area contributed by atoms with Gasteiger partial charge in [0.05, 0.1) is 16.8 Å². The average molecular weight is 297 g/mol. The van der Waals surface area contributed by atoms with Crippen LogP contribution in [-0.2, 0) is 0 Å². The molecule has 0 radical (unpaired) electrons.